The van der Waals surface area contributed by atoms with E-state index in [1.165, 1.54) is 28.2 Å². The summed E-state index contributed by atoms with van der Waals surface area (Å²) in [5.74, 6) is 0.160. The third-order valence-electron chi connectivity index (χ3n) is 3.53. The van der Waals surface area contributed by atoms with Crippen molar-refractivity contribution in [1.82, 2.24) is 4.90 Å². The maximum absolute atomic E-state index is 12.4. The van der Waals surface area contributed by atoms with E-state index in [0.29, 0.717) is 6.54 Å². The molecule has 0 aromatic carbocycles. The summed E-state index contributed by atoms with van der Waals surface area (Å²) in [6, 6.07) is 6.22. The molecule has 1 aliphatic rings. The van der Waals surface area contributed by atoms with Crippen molar-refractivity contribution in [2.45, 2.75) is 32.2 Å². The third-order valence-corrected chi connectivity index (χ3v) is 5.61. The summed E-state index contributed by atoms with van der Waals surface area (Å²) in [5.41, 5.74) is 1.41. The van der Waals surface area contributed by atoms with E-state index >= 15 is 0 Å². The molecule has 2 nitrogen and oxygen atoms in total. The first kappa shape index (κ1) is 12.9. The molecule has 2 heterocycles. The summed E-state index contributed by atoms with van der Waals surface area (Å²) >= 11 is 3.40. The Labute approximate surface area is 121 Å². The number of carbonyl (C=O) groups is 1. The minimum atomic E-state index is 0.160. The topological polar surface area (TPSA) is 20.3 Å². The number of nitrogens with zero attached hydrogens (tertiary/aromatic N) is 1. The average molecular weight is 291 g/mol. The van der Waals surface area contributed by atoms with Gasteiger partial charge in [0.05, 0.1) is 11.4 Å². The second-order valence-corrected chi connectivity index (χ2v) is 7.18. The van der Waals surface area contributed by atoms with Crippen molar-refractivity contribution in [2.24, 2.45) is 0 Å². The zero-order valence-corrected chi connectivity index (χ0v) is 12.6. The highest BCUT2D eigenvalue weighted by Crippen LogP contribution is 2.30. The van der Waals surface area contributed by atoms with E-state index in [-0.39, 0.29) is 5.91 Å². The highest BCUT2D eigenvalue weighted by Gasteiger charge is 2.19. The molecular weight excluding hydrogens is 274 g/mol. The Morgan fingerprint density at radius 2 is 2.21 bits per heavy atom. The van der Waals surface area contributed by atoms with Crippen molar-refractivity contribution in [3.05, 3.63) is 43.8 Å². The summed E-state index contributed by atoms with van der Waals surface area (Å²) in [5, 5.41) is 2.05. The van der Waals surface area contributed by atoms with Crippen LogP contribution in [0.4, 0.5) is 0 Å². The van der Waals surface area contributed by atoms with Gasteiger partial charge in [-0.2, -0.15) is 0 Å². The second-order valence-electron chi connectivity index (χ2n) is 5.01. The van der Waals surface area contributed by atoms with E-state index in [4.69, 9.17) is 0 Å². The molecule has 0 N–H and O–H groups in total. The molecule has 0 aliphatic heterocycles. The third kappa shape index (κ3) is 2.74. The van der Waals surface area contributed by atoms with Crippen LogP contribution in [0.3, 0.4) is 0 Å². The number of carbonyl (C=O) groups excluding carboxylic acids is 1. The van der Waals surface area contributed by atoms with E-state index in [1.807, 2.05) is 18.0 Å². The molecular formula is C15H17NOS2. The van der Waals surface area contributed by atoms with E-state index in [9.17, 15) is 4.79 Å². The lowest BCUT2D eigenvalue weighted by Gasteiger charge is -2.14. The molecule has 0 fully saturated rings. The summed E-state index contributed by atoms with van der Waals surface area (Å²) in [4.78, 5) is 17.8. The molecule has 1 aliphatic carbocycles. The molecule has 0 saturated heterocycles. The van der Waals surface area contributed by atoms with Crippen LogP contribution in [-0.4, -0.2) is 17.9 Å². The van der Waals surface area contributed by atoms with Crippen LogP contribution >= 0.6 is 22.7 Å². The Morgan fingerprint density at radius 1 is 1.37 bits per heavy atom. The molecule has 4 heteroatoms. The minimum absolute atomic E-state index is 0.160. The van der Waals surface area contributed by atoms with Crippen LogP contribution in [0.1, 0.15) is 37.8 Å². The fourth-order valence-electron chi connectivity index (χ4n) is 2.49. The molecule has 2 aromatic rings. The van der Waals surface area contributed by atoms with Gasteiger partial charge < -0.3 is 4.90 Å². The molecule has 0 unspecified atom stereocenters. The first-order valence-corrected chi connectivity index (χ1v) is 8.33. The van der Waals surface area contributed by atoms with Crippen molar-refractivity contribution in [3.63, 3.8) is 0 Å². The molecule has 0 atom stereocenters. The number of amides is 1. The van der Waals surface area contributed by atoms with Crippen LogP contribution in [0.5, 0.6) is 0 Å². The fraction of sp³-hybridized carbons (Fsp3) is 0.400. The number of thiophene rings is 2. The fourth-order valence-corrected chi connectivity index (χ4v) is 4.50. The molecule has 2 aromatic heterocycles. The van der Waals surface area contributed by atoms with Crippen LogP contribution in [-0.2, 0) is 19.4 Å². The summed E-state index contributed by atoms with van der Waals surface area (Å²) in [7, 11) is 1.89. The predicted molar refractivity (Wildman–Crippen MR) is 81.1 cm³/mol. The summed E-state index contributed by atoms with van der Waals surface area (Å²) < 4.78 is 0. The van der Waals surface area contributed by atoms with Gasteiger partial charge >= 0.3 is 0 Å². The Hall–Kier alpha value is -1.13. The van der Waals surface area contributed by atoms with Gasteiger partial charge in [0.25, 0.3) is 5.91 Å². The number of hydrogen-bond donors (Lipinski definition) is 0. The van der Waals surface area contributed by atoms with Crippen molar-refractivity contribution in [3.8, 4) is 0 Å². The molecule has 3 rings (SSSR count). The molecule has 0 spiro atoms. The van der Waals surface area contributed by atoms with E-state index in [0.717, 1.165) is 17.7 Å². The van der Waals surface area contributed by atoms with Gasteiger partial charge in [0, 0.05) is 16.8 Å². The molecule has 19 heavy (non-hydrogen) atoms. The quantitative estimate of drug-likeness (QED) is 0.838. The lowest BCUT2D eigenvalue weighted by atomic mass is 9.99. The monoisotopic (exact) mass is 291 g/mol. The largest absolute Gasteiger partial charge is 0.336 e. The van der Waals surface area contributed by atoms with Gasteiger partial charge in [0.15, 0.2) is 0 Å². The van der Waals surface area contributed by atoms with Gasteiger partial charge in [0.2, 0.25) is 0 Å². The zero-order chi connectivity index (χ0) is 13.2. The normalized spacial score (nSPS) is 14.2. The maximum Gasteiger partial charge on any atom is 0.264 e. The van der Waals surface area contributed by atoms with Crippen molar-refractivity contribution >= 4 is 28.6 Å². The van der Waals surface area contributed by atoms with Crippen LogP contribution in [0.25, 0.3) is 0 Å². The molecule has 0 radical (unpaired) electrons. The first-order chi connectivity index (χ1) is 9.24. The highest BCUT2D eigenvalue weighted by atomic mass is 32.1. The van der Waals surface area contributed by atoms with Crippen LogP contribution in [0.15, 0.2) is 23.6 Å². The van der Waals surface area contributed by atoms with Crippen LogP contribution in [0, 0.1) is 0 Å². The Bertz CT molecular complexity index is 547. The first-order valence-electron chi connectivity index (χ1n) is 6.63. The van der Waals surface area contributed by atoms with Gasteiger partial charge in [-0.05, 0) is 48.8 Å². The van der Waals surface area contributed by atoms with Gasteiger partial charge in [-0.15, -0.1) is 22.7 Å². The number of aryl methyl sites for hydroxylation is 2. The molecule has 100 valence electrons. The van der Waals surface area contributed by atoms with Gasteiger partial charge in [-0.1, -0.05) is 6.07 Å². The number of rotatable bonds is 3. The standard InChI is InChI=1S/C15H17NOS2/c1-16(10-12-6-4-8-18-12)15(17)14-9-11-5-2-3-7-13(11)19-14/h4,6,8-9H,2-3,5,7,10H2,1H3. The van der Waals surface area contributed by atoms with E-state index < -0.39 is 0 Å². The molecule has 0 saturated carbocycles. The van der Waals surface area contributed by atoms with E-state index in [2.05, 4.69) is 17.5 Å². The SMILES string of the molecule is CN(Cc1cccs1)C(=O)c1cc2c(s1)CCCC2. The van der Waals surface area contributed by atoms with Gasteiger partial charge in [0.1, 0.15) is 0 Å². The lowest BCUT2D eigenvalue weighted by Crippen LogP contribution is -2.24. The minimum Gasteiger partial charge on any atom is -0.336 e. The van der Waals surface area contributed by atoms with Crippen molar-refractivity contribution in [2.75, 3.05) is 7.05 Å². The Balaban J connectivity index is 1.74. The Kier molecular flexibility index (Phi) is 3.71. The van der Waals surface area contributed by atoms with Gasteiger partial charge in [-0.25, -0.2) is 0 Å². The lowest BCUT2D eigenvalue weighted by molar-refractivity contribution is 0.0791. The number of fused-ring (bicyclic) bond motifs is 1. The smallest absolute Gasteiger partial charge is 0.264 e. The van der Waals surface area contributed by atoms with Gasteiger partial charge in [-0.3, -0.25) is 4.79 Å². The van der Waals surface area contributed by atoms with E-state index in [1.54, 1.807) is 22.7 Å². The van der Waals surface area contributed by atoms with Crippen molar-refractivity contribution < 1.29 is 4.79 Å². The summed E-state index contributed by atoms with van der Waals surface area (Å²) in [6.45, 7) is 0.707. The second kappa shape index (κ2) is 5.47. The maximum atomic E-state index is 12.4. The average Bonchev–Trinajstić information content (AvgIpc) is 3.05. The summed E-state index contributed by atoms with van der Waals surface area (Å²) in [6.07, 6.45) is 4.84. The molecule has 1 amide bonds. The highest BCUT2D eigenvalue weighted by molar-refractivity contribution is 7.14. The van der Waals surface area contributed by atoms with Crippen LogP contribution < -0.4 is 0 Å². The number of hydrogen-bond acceptors (Lipinski definition) is 3. The predicted octanol–water partition coefficient (Wildman–Crippen LogP) is 3.96. The zero-order valence-electron chi connectivity index (χ0n) is 11.0. The van der Waals surface area contributed by atoms with Crippen molar-refractivity contribution in [1.29, 1.82) is 0 Å². The molecule has 0 bridgehead atoms. The van der Waals surface area contributed by atoms with Crippen LogP contribution in [0.2, 0.25) is 0 Å². The Morgan fingerprint density at radius 3 is 2.95 bits per heavy atom.